The van der Waals surface area contributed by atoms with Gasteiger partial charge in [0.15, 0.2) is 0 Å². The third-order valence-electron chi connectivity index (χ3n) is 2.50. The lowest BCUT2D eigenvalue weighted by Gasteiger charge is -2.09. The molecule has 0 aromatic heterocycles. The summed E-state index contributed by atoms with van der Waals surface area (Å²) in [6.07, 6.45) is 0. The van der Waals surface area contributed by atoms with Crippen LogP contribution in [0.1, 0.15) is 5.56 Å². The van der Waals surface area contributed by atoms with Crippen LogP contribution >= 0.6 is 27.5 Å². The first kappa shape index (κ1) is 13.1. The molecule has 0 radical (unpaired) electrons. The largest absolute Gasteiger partial charge is 0.506 e. The molecule has 0 unspecified atom stereocenters. The predicted molar refractivity (Wildman–Crippen MR) is 76.3 cm³/mol. The average molecular weight is 329 g/mol. The van der Waals surface area contributed by atoms with Gasteiger partial charge in [0.05, 0.1) is 9.50 Å². The quantitative estimate of drug-likeness (QED) is 0.743. The molecule has 0 saturated carbocycles. The average Bonchev–Trinajstić information content (AvgIpc) is 2.35. The fourth-order valence-electron chi connectivity index (χ4n) is 1.52. The summed E-state index contributed by atoms with van der Waals surface area (Å²) in [6, 6.07) is 10.3. The molecule has 0 aliphatic rings. The molecule has 0 bridgehead atoms. The highest BCUT2D eigenvalue weighted by atomic mass is 79.9. The van der Waals surface area contributed by atoms with Gasteiger partial charge in [-0.15, -0.1) is 0 Å². The van der Waals surface area contributed by atoms with Gasteiger partial charge in [0, 0.05) is 17.8 Å². The molecule has 3 N–H and O–H groups in total. The number of aromatic hydroxyl groups is 2. The molecule has 2 aromatic carbocycles. The molecule has 5 heteroatoms. The Labute approximate surface area is 118 Å². The number of phenols is 2. The van der Waals surface area contributed by atoms with Crippen LogP contribution in [-0.4, -0.2) is 10.2 Å². The van der Waals surface area contributed by atoms with Crippen LogP contribution < -0.4 is 5.32 Å². The number of hydrogen-bond donors (Lipinski definition) is 3. The lowest BCUT2D eigenvalue weighted by Crippen LogP contribution is -1.99. The summed E-state index contributed by atoms with van der Waals surface area (Å²) >= 11 is 9.07. The number of phenolic OH excluding ortho intramolecular Hbond substituents is 2. The topological polar surface area (TPSA) is 52.5 Å². The zero-order chi connectivity index (χ0) is 13.1. The van der Waals surface area contributed by atoms with E-state index in [2.05, 4.69) is 21.2 Å². The van der Waals surface area contributed by atoms with Crippen LogP contribution in [0.25, 0.3) is 0 Å². The van der Waals surface area contributed by atoms with Crippen molar-refractivity contribution in [3.63, 3.8) is 0 Å². The summed E-state index contributed by atoms with van der Waals surface area (Å²) in [6.45, 7) is 0.465. The molecule has 0 spiro atoms. The van der Waals surface area contributed by atoms with Crippen molar-refractivity contribution in [2.24, 2.45) is 0 Å². The lowest BCUT2D eigenvalue weighted by atomic mass is 10.2. The van der Waals surface area contributed by atoms with E-state index in [0.717, 1.165) is 11.3 Å². The zero-order valence-corrected chi connectivity index (χ0v) is 11.7. The minimum atomic E-state index is 0.0486. The maximum absolute atomic E-state index is 9.82. The molecule has 2 rings (SSSR count). The summed E-state index contributed by atoms with van der Waals surface area (Å²) in [5.74, 6) is 0.266. The highest BCUT2D eigenvalue weighted by molar-refractivity contribution is 9.10. The molecular weight excluding hydrogens is 318 g/mol. The normalized spacial score (nSPS) is 10.3. The van der Waals surface area contributed by atoms with Crippen LogP contribution in [0.15, 0.2) is 40.9 Å². The Hall–Kier alpha value is -1.39. The van der Waals surface area contributed by atoms with E-state index in [-0.39, 0.29) is 11.5 Å². The molecule has 0 aliphatic heterocycles. The maximum Gasteiger partial charge on any atom is 0.134 e. The van der Waals surface area contributed by atoms with Gasteiger partial charge >= 0.3 is 0 Å². The Bertz CT molecular complexity index is 575. The van der Waals surface area contributed by atoms with E-state index < -0.39 is 0 Å². The molecule has 0 aliphatic carbocycles. The fraction of sp³-hybridized carbons (Fsp3) is 0.0769. The van der Waals surface area contributed by atoms with Gasteiger partial charge in [0.1, 0.15) is 11.5 Å². The number of nitrogens with one attached hydrogen (secondary N) is 1. The van der Waals surface area contributed by atoms with Crippen molar-refractivity contribution in [3.05, 3.63) is 51.5 Å². The lowest BCUT2D eigenvalue weighted by molar-refractivity contribution is 0.465. The van der Waals surface area contributed by atoms with Crippen LogP contribution in [0.4, 0.5) is 5.69 Å². The number of halogens is 2. The Balaban J connectivity index is 2.11. The van der Waals surface area contributed by atoms with Crippen LogP contribution in [-0.2, 0) is 6.54 Å². The molecule has 0 saturated heterocycles. The monoisotopic (exact) mass is 327 g/mol. The SMILES string of the molecule is Oc1ccc(NCc2cccc(Br)c2O)cc1Cl. The summed E-state index contributed by atoms with van der Waals surface area (Å²) in [7, 11) is 0. The van der Waals surface area contributed by atoms with E-state index in [1.54, 1.807) is 18.2 Å². The summed E-state index contributed by atoms with van der Waals surface area (Å²) in [4.78, 5) is 0. The van der Waals surface area contributed by atoms with Gasteiger partial charge in [-0.05, 0) is 40.2 Å². The van der Waals surface area contributed by atoms with Crippen LogP contribution in [0, 0.1) is 0 Å². The molecule has 0 heterocycles. The molecule has 18 heavy (non-hydrogen) atoms. The number of rotatable bonds is 3. The first-order valence-electron chi connectivity index (χ1n) is 5.26. The number of hydrogen-bond acceptors (Lipinski definition) is 3. The maximum atomic E-state index is 9.82. The van der Waals surface area contributed by atoms with Crippen molar-refractivity contribution >= 4 is 33.2 Å². The zero-order valence-electron chi connectivity index (χ0n) is 9.32. The molecule has 0 amide bonds. The summed E-state index contributed by atoms with van der Waals surface area (Å²) in [5, 5.41) is 22.5. The van der Waals surface area contributed by atoms with Gasteiger partial charge in [-0.25, -0.2) is 0 Å². The van der Waals surface area contributed by atoms with E-state index >= 15 is 0 Å². The molecule has 0 fully saturated rings. The van der Waals surface area contributed by atoms with Gasteiger partial charge in [-0.1, -0.05) is 23.7 Å². The van der Waals surface area contributed by atoms with Crippen molar-refractivity contribution in [3.8, 4) is 11.5 Å². The Morgan fingerprint density at radius 3 is 2.67 bits per heavy atom. The van der Waals surface area contributed by atoms with Gasteiger partial charge < -0.3 is 15.5 Å². The van der Waals surface area contributed by atoms with E-state index in [1.165, 1.54) is 6.07 Å². The standard InChI is InChI=1S/C13H11BrClNO2/c14-10-3-1-2-8(13(10)18)7-16-9-4-5-12(17)11(15)6-9/h1-6,16-18H,7H2. The number of anilines is 1. The van der Waals surface area contributed by atoms with E-state index in [0.29, 0.717) is 16.0 Å². The third kappa shape index (κ3) is 2.89. The fourth-order valence-corrected chi connectivity index (χ4v) is 2.10. The van der Waals surface area contributed by atoms with Gasteiger partial charge in [-0.3, -0.25) is 0 Å². The second-order valence-corrected chi connectivity index (χ2v) is 5.03. The highest BCUT2D eigenvalue weighted by Crippen LogP contribution is 2.29. The van der Waals surface area contributed by atoms with E-state index in [1.807, 2.05) is 12.1 Å². The van der Waals surface area contributed by atoms with Gasteiger partial charge in [0.25, 0.3) is 0 Å². The predicted octanol–water partition coefficient (Wildman–Crippen LogP) is 4.13. The van der Waals surface area contributed by atoms with E-state index in [9.17, 15) is 10.2 Å². The third-order valence-corrected chi connectivity index (χ3v) is 3.44. The minimum Gasteiger partial charge on any atom is -0.506 e. The van der Waals surface area contributed by atoms with Crippen molar-refractivity contribution in [2.75, 3.05) is 5.32 Å². The van der Waals surface area contributed by atoms with Crippen LogP contribution in [0.2, 0.25) is 5.02 Å². The van der Waals surface area contributed by atoms with Crippen LogP contribution in [0.3, 0.4) is 0 Å². The van der Waals surface area contributed by atoms with Gasteiger partial charge in [0.2, 0.25) is 0 Å². The summed E-state index contributed by atoms with van der Waals surface area (Å²) < 4.78 is 0.658. The molecule has 3 nitrogen and oxygen atoms in total. The second kappa shape index (κ2) is 5.50. The Morgan fingerprint density at radius 2 is 1.94 bits per heavy atom. The second-order valence-electron chi connectivity index (χ2n) is 3.77. The highest BCUT2D eigenvalue weighted by Gasteiger charge is 2.05. The molecule has 0 atom stereocenters. The molecule has 2 aromatic rings. The van der Waals surface area contributed by atoms with Crippen molar-refractivity contribution in [2.45, 2.75) is 6.54 Å². The van der Waals surface area contributed by atoms with Crippen LogP contribution in [0.5, 0.6) is 11.5 Å². The Kier molecular flexibility index (Phi) is 3.99. The van der Waals surface area contributed by atoms with E-state index in [4.69, 9.17) is 11.6 Å². The van der Waals surface area contributed by atoms with Gasteiger partial charge in [-0.2, -0.15) is 0 Å². The Morgan fingerprint density at radius 1 is 1.17 bits per heavy atom. The number of benzene rings is 2. The molecule has 94 valence electrons. The first-order chi connectivity index (χ1) is 8.58. The first-order valence-corrected chi connectivity index (χ1v) is 6.44. The minimum absolute atomic E-state index is 0.0486. The van der Waals surface area contributed by atoms with Crippen molar-refractivity contribution in [1.82, 2.24) is 0 Å². The summed E-state index contributed by atoms with van der Waals surface area (Å²) in [5.41, 5.74) is 1.55. The smallest absolute Gasteiger partial charge is 0.134 e. The number of para-hydroxylation sites is 1. The van der Waals surface area contributed by atoms with Crippen molar-refractivity contribution in [1.29, 1.82) is 0 Å². The molecular formula is C13H11BrClNO2. The van der Waals surface area contributed by atoms with Crippen molar-refractivity contribution < 1.29 is 10.2 Å².